The number of ether oxygens (including phenoxy) is 6. The Morgan fingerprint density at radius 1 is 0.882 bits per heavy atom. The molecular weight excluding hydrogens is 881 g/mol. The van der Waals surface area contributed by atoms with Crippen molar-refractivity contribution in [1.29, 1.82) is 0 Å². The number of rotatable bonds is 24. The van der Waals surface area contributed by atoms with Crippen molar-refractivity contribution >= 4 is 29.8 Å². The van der Waals surface area contributed by atoms with E-state index < -0.39 is 96.8 Å². The average Bonchev–Trinajstić information content (AvgIpc) is 3.69. The van der Waals surface area contributed by atoms with Crippen LogP contribution >= 0.6 is 0 Å². The number of hydrogen-bond acceptors (Lipinski definition) is 15. The quantitative estimate of drug-likeness (QED) is 0.0564. The molecule has 3 aliphatic rings. The molecular formula is C51H72N2O15. The third-order valence-corrected chi connectivity index (χ3v) is 12.0. The van der Waals surface area contributed by atoms with Crippen molar-refractivity contribution in [1.82, 2.24) is 10.6 Å². The van der Waals surface area contributed by atoms with Gasteiger partial charge in [-0.3, -0.25) is 14.4 Å². The molecule has 2 aromatic rings. The first-order chi connectivity index (χ1) is 32.5. The van der Waals surface area contributed by atoms with Crippen molar-refractivity contribution in [3.8, 4) is 0 Å². The van der Waals surface area contributed by atoms with Crippen LogP contribution < -0.4 is 10.6 Å². The molecule has 2 aromatic carbocycles. The highest BCUT2D eigenvalue weighted by molar-refractivity contribution is 5.95. The normalized spacial score (nSPS) is 25.0. The monoisotopic (exact) mass is 952 g/mol. The summed E-state index contributed by atoms with van der Waals surface area (Å²) in [6.45, 7) is 8.66. The molecule has 0 spiro atoms. The van der Waals surface area contributed by atoms with Crippen molar-refractivity contribution < 1.29 is 73.1 Å². The lowest BCUT2D eigenvalue weighted by Crippen LogP contribution is -2.59. The van der Waals surface area contributed by atoms with Crippen molar-refractivity contribution in [2.75, 3.05) is 19.8 Å². The van der Waals surface area contributed by atoms with E-state index in [1.807, 2.05) is 0 Å². The Kier molecular flexibility index (Phi) is 20.7. The number of carbonyl (C=O) groups is 4. The zero-order chi connectivity index (χ0) is 49.4. The Morgan fingerprint density at radius 3 is 2.24 bits per heavy atom. The molecule has 2 aliphatic heterocycles. The minimum atomic E-state index is -1.55. The van der Waals surface area contributed by atoms with Gasteiger partial charge < -0.3 is 64.6 Å². The Hall–Kier alpha value is -4.56. The van der Waals surface area contributed by atoms with Gasteiger partial charge in [-0.1, -0.05) is 75.9 Å². The average molecular weight is 953 g/mol. The number of aliphatic hydroxyl groups is 5. The summed E-state index contributed by atoms with van der Waals surface area (Å²) in [6, 6.07) is 12.7. The second kappa shape index (κ2) is 25.9. The number of amides is 2. The van der Waals surface area contributed by atoms with Crippen molar-refractivity contribution in [3.05, 3.63) is 88.5 Å². The van der Waals surface area contributed by atoms with Gasteiger partial charge in [-0.15, -0.1) is 0 Å². The van der Waals surface area contributed by atoms with Crippen LogP contribution in [0.5, 0.6) is 0 Å². The molecule has 17 heteroatoms. The van der Waals surface area contributed by atoms with Gasteiger partial charge in [0.1, 0.15) is 48.3 Å². The zero-order valence-corrected chi connectivity index (χ0v) is 40.0. The van der Waals surface area contributed by atoms with Gasteiger partial charge in [-0.05, 0) is 81.5 Å². The van der Waals surface area contributed by atoms with Crippen LogP contribution in [0.15, 0.2) is 66.3 Å². The summed E-state index contributed by atoms with van der Waals surface area (Å²) in [5.41, 5.74) is 1.65. The van der Waals surface area contributed by atoms with Gasteiger partial charge in [0.25, 0.3) is 5.91 Å². The van der Waals surface area contributed by atoms with Crippen LogP contribution in [0.4, 0.5) is 0 Å². The van der Waals surface area contributed by atoms with Gasteiger partial charge in [-0.25, -0.2) is 4.79 Å². The summed E-state index contributed by atoms with van der Waals surface area (Å²) < 4.78 is 35.9. The van der Waals surface area contributed by atoms with Crippen LogP contribution in [-0.2, 0) is 44.6 Å². The van der Waals surface area contributed by atoms with Crippen LogP contribution in [0, 0.1) is 0 Å². The third kappa shape index (κ3) is 15.7. The molecule has 376 valence electrons. The van der Waals surface area contributed by atoms with E-state index in [1.165, 1.54) is 0 Å². The van der Waals surface area contributed by atoms with Crippen LogP contribution in [0.1, 0.15) is 137 Å². The van der Waals surface area contributed by atoms with Gasteiger partial charge >= 0.3 is 11.9 Å². The standard InChI is InChI=1S/C51H72N2O15/c1-6-8-10-23-51(24-11-9-7-2)66-39-28-36(46(60)52-29-33-14-12-16-35(26-33)47(61)53-37(30-54)21-22-41(56)67-50(3,4)5)27-38(45(39)68-51)64-48(62)34-19-17-32(18-20-34)15-13-25-63-49-44(59)43(58)42(57)40(31-55)65-49/h12-20,26,28,37-40,42-45,49,54-55,57-59H,6-11,21-25,27,29-31H2,1-5H3,(H,52,60)(H,53,61). The fourth-order valence-corrected chi connectivity index (χ4v) is 8.36. The van der Waals surface area contributed by atoms with Gasteiger partial charge in [0, 0.05) is 43.4 Å². The lowest BCUT2D eigenvalue weighted by atomic mass is 9.91. The second-order valence-electron chi connectivity index (χ2n) is 18.7. The van der Waals surface area contributed by atoms with E-state index >= 15 is 0 Å². The van der Waals surface area contributed by atoms with Crippen LogP contribution in [-0.4, -0.2) is 136 Å². The molecule has 2 amide bonds. The van der Waals surface area contributed by atoms with E-state index in [9.17, 15) is 44.7 Å². The molecule has 9 atom stereocenters. The first kappa shape index (κ1) is 54.4. The Labute approximate surface area is 399 Å². The smallest absolute Gasteiger partial charge is 0.338 e. The number of benzene rings is 2. The Morgan fingerprint density at radius 2 is 1.59 bits per heavy atom. The maximum Gasteiger partial charge on any atom is 0.338 e. The maximum absolute atomic E-state index is 13.9. The number of unbranched alkanes of at least 4 members (excludes halogenated alkanes) is 4. The second-order valence-corrected chi connectivity index (χ2v) is 18.7. The van der Waals surface area contributed by atoms with E-state index in [-0.39, 0.29) is 44.6 Å². The lowest BCUT2D eigenvalue weighted by molar-refractivity contribution is -0.298. The van der Waals surface area contributed by atoms with Crippen LogP contribution in [0.2, 0.25) is 0 Å². The van der Waals surface area contributed by atoms with Gasteiger partial charge in [0.15, 0.2) is 12.1 Å². The van der Waals surface area contributed by atoms with E-state index in [2.05, 4.69) is 24.5 Å². The highest BCUT2D eigenvalue weighted by Crippen LogP contribution is 2.43. The fraction of sp³-hybridized carbons (Fsp3) is 0.608. The lowest BCUT2D eigenvalue weighted by Gasteiger charge is -2.39. The van der Waals surface area contributed by atoms with Gasteiger partial charge in [0.2, 0.25) is 5.91 Å². The molecule has 0 radical (unpaired) electrons. The first-order valence-electron chi connectivity index (χ1n) is 23.9. The largest absolute Gasteiger partial charge is 0.460 e. The molecule has 0 bridgehead atoms. The summed E-state index contributed by atoms with van der Waals surface area (Å²) >= 11 is 0. The number of carbonyl (C=O) groups excluding carboxylic acids is 4. The summed E-state index contributed by atoms with van der Waals surface area (Å²) in [4.78, 5) is 53.2. The van der Waals surface area contributed by atoms with E-state index in [4.69, 9.17) is 28.4 Å². The number of hydrogen-bond donors (Lipinski definition) is 7. The predicted molar refractivity (Wildman–Crippen MR) is 250 cm³/mol. The van der Waals surface area contributed by atoms with Crippen molar-refractivity contribution in [2.45, 2.75) is 178 Å². The number of nitrogens with one attached hydrogen (secondary N) is 2. The molecule has 0 aromatic heterocycles. The molecule has 7 N–H and O–H groups in total. The Balaban J connectivity index is 1.24. The van der Waals surface area contributed by atoms with Crippen LogP contribution in [0.25, 0.3) is 6.08 Å². The molecule has 2 fully saturated rings. The summed E-state index contributed by atoms with van der Waals surface area (Å²) in [6.07, 6.45) is 3.39. The molecule has 0 saturated carbocycles. The molecule has 5 rings (SSSR count). The summed E-state index contributed by atoms with van der Waals surface area (Å²) in [5, 5.41) is 55.3. The highest BCUT2D eigenvalue weighted by Gasteiger charge is 2.52. The van der Waals surface area contributed by atoms with Gasteiger partial charge in [-0.2, -0.15) is 0 Å². The molecule has 17 nitrogen and oxygen atoms in total. The van der Waals surface area contributed by atoms with Crippen LogP contribution in [0.3, 0.4) is 0 Å². The minimum absolute atomic E-state index is 0.0209. The van der Waals surface area contributed by atoms with E-state index in [0.717, 1.165) is 38.5 Å². The first-order valence-corrected chi connectivity index (χ1v) is 23.9. The third-order valence-electron chi connectivity index (χ3n) is 12.0. The molecule has 2 heterocycles. The molecule has 68 heavy (non-hydrogen) atoms. The number of fused-ring (bicyclic) bond motifs is 1. The molecule has 1 aliphatic carbocycles. The SMILES string of the molecule is CCCCCC1(CCCCC)OC2C=C(C(=O)NCc3cccc(C(=O)NC(CO)CCC(=O)OC(C)(C)C)c3)CC(OC(=O)c3ccc(C=CCOC4OC(CO)C(O)C(O)C4O)cc3)C2O1. The minimum Gasteiger partial charge on any atom is -0.460 e. The highest BCUT2D eigenvalue weighted by atomic mass is 16.8. The maximum atomic E-state index is 13.9. The zero-order valence-electron chi connectivity index (χ0n) is 40.0. The van der Waals surface area contributed by atoms with Crippen molar-refractivity contribution in [3.63, 3.8) is 0 Å². The summed E-state index contributed by atoms with van der Waals surface area (Å²) in [7, 11) is 0. The van der Waals surface area contributed by atoms with E-state index in [0.29, 0.717) is 35.1 Å². The van der Waals surface area contributed by atoms with Gasteiger partial charge in [0.05, 0.1) is 31.4 Å². The molecule has 9 unspecified atom stereocenters. The van der Waals surface area contributed by atoms with E-state index in [1.54, 1.807) is 87.5 Å². The fourth-order valence-electron chi connectivity index (χ4n) is 8.36. The Bertz CT molecular complexity index is 2000. The number of esters is 2. The predicted octanol–water partition coefficient (Wildman–Crippen LogP) is 4.54. The molecule has 2 saturated heterocycles. The topological polar surface area (TPSA) is 249 Å². The summed E-state index contributed by atoms with van der Waals surface area (Å²) in [5.74, 6) is -2.79. The van der Waals surface area contributed by atoms with Crippen molar-refractivity contribution in [2.24, 2.45) is 0 Å². The number of aliphatic hydroxyl groups excluding tert-OH is 5.